The van der Waals surface area contributed by atoms with Crippen LogP contribution in [0.2, 0.25) is 0 Å². The first-order valence-electron chi connectivity index (χ1n) is 5.22. The number of hydrogen-bond acceptors (Lipinski definition) is 3. The maximum absolute atomic E-state index is 11.0. The summed E-state index contributed by atoms with van der Waals surface area (Å²) in [5.41, 5.74) is 1.25. The summed E-state index contributed by atoms with van der Waals surface area (Å²) in [5.74, 6) is -0.205. The molecule has 3 nitrogen and oxygen atoms in total. The molecule has 0 aliphatic heterocycles. The number of aromatic nitrogens is 1. The molecule has 0 aliphatic rings. The molecule has 1 aromatic heterocycles. The number of pyridine rings is 1. The van der Waals surface area contributed by atoms with Crippen LogP contribution in [-0.4, -0.2) is 16.1 Å². The molecule has 0 bridgehead atoms. The van der Waals surface area contributed by atoms with E-state index in [1.165, 1.54) is 0 Å². The van der Waals surface area contributed by atoms with E-state index in [1.54, 1.807) is 30.1 Å². The number of halogens is 1. The fraction of sp³-hybridized carbons (Fsp3) is 0.0769. The molecular weight excluding hydrogens is 314 g/mol. The van der Waals surface area contributed by atoms with Crippen LogP contribution in [0.4, 0.5) is 0 Å². The summed E-state index contributed by atoms with van der Waals surface area (Å²) in [6.45, 7) is 0. The van der Waals surface area contributed by atoms with Gasteiger partial charge in [-0.2, -0.15) is 0 Å². The zero-order chi connectivity index (χ0) is 13.0. The summed E-state index contributed by atoms with van der Waals surface area (Å²) in [7, 11) is 0. The number of rotatable bonds is 4. The fourth-order valence-electron chi connectivity index (χ4n) is 1.40. The van der Waals surface area contributed by atoms with Crippen LogP contribution < -0.4 is 0 Å². The molecular formula is C13H10BrNO2S. The maximum atomic E-state index is 11.0. The van der Waals surface area contributed by atoms with E-state index >= 15 is 0 Å². The Kier molecular flexibility index (Phi) is 4.38. The number of carboxylic acids is 1. The maximum Gasteiger partial charge on any atom is 0.336 e. The zero-order valence-electron chi connectivity index (χ0n) is 9.34. The molecule has 18 heavy (non-hydrogen) atoms. The Morgan fingerprint density at radius 2 is 2.17 bits per heavy atom. The van der Waals surface area contributed by atoms with Crippen molar-refractivity contribution in [3.05, 3.63) is 58.3 Å². The predicted molar refractivity (Wildman–Crippen MR) is 74.9 cm³/mol. The van der Waals surface area contributed by atoms with Crippen molar-refractivity contribution in [3.8, 4) is 0 Å². The number of hydrogen-bond donors (Lipinski definition) is 1. The summed E-state index contributed by atoms with van der Waals surface area (Å²) in [5, 5.41) is 9.02. The summed E-state index contributed by atoms with van der Waals surface area (Å²) in [6.07, 6.45) is 1.75. The lowest BCUT2D eigenvalue weighted by Crippen LogP contribution is -1.97. The van der Waals surface area contributed by atoms with E-state index in [0.717, 1.165) is 16.3 Å². The fourth-order valence-corrected chi connectivity index (χ4v) is 2.67. The van der Waals surface area contributed by atoms with Gasteiger partial charge in [0.2, 0.25) is 0 Å². The van der Waals surface area contributed by atoms with Crippen LogP contribution in [0.3, 0.4) is 0 Å². The van der Waals surface area contributed by atoms with Gasteiger partial charge >= 0.3 is 5.97 Å². The third kappa shape index (κ3) is 3.34. The standard InChI is InChI=1S/C13H10BrNO2S/c14-12-5-4-10(7-11(12)13(16)17)18-8-9-3-1-2-6-15-9/h1-7H,8H2,(H,16,17). The van der Waals surface area contributed by atoms with E-state index in [0.29, 0.717) is 4.47 Å². The van der Waals surface area contributed by atoms with E-state index in [9.17, 15) is 4.79 Å². The molecule has 2 rings (SSSR count). The molecule has 0 fully saturated rings. The Labute approximate surface area is 117 Å². The van der Waals surface area contributed by atoms with Crippen molar-refractivity contribution in [2.24, 2.45) is 0 Å². The van der Waals surface area contributed by atoms with E-state index in [-0.39, 0.29) is 5.56 Å². The zero-order valence-corrected chi connectivity index (χ0v) is 11.7. The number of carbonyl (C=O) groups is 1. The Balaban J connectivity index is 2.11. The minimum Gasteiger partial charge on any atom is -0.478 e. The van der Waals surface area contributed by atoms with Crippen molar-refractivity contribution >= 4 is 33.7 Å². The van der Waals surface area contributed by atoms with Crippen LogP contribution in [0.25, 0.3) is 0 Å². The average molecular weight is 324 g/mol. The quantitative estimate of drug-likeness (QED) is 0.868. The molecule has 1 aromatic carbocycles. The van der Waals surface area contributed by atoms with Crippen LogP contribution in [0, 0.1) is 0 Å². The topological polar surface area (TPSA) is 50.2 Å². The molecule has 0 spiro atoms. The Bertz CT molecular complexity index is 560. The third-order valence-corrected chi connectivity index (χ3v) is 4.00. The molecule has 0 unspecified atom stereocenters. The molecule has 5 heteroatoms. The highest BCUT2D eigenvalue weighted by Crippen LogP contribution is 2.26. The summed E-state index contributed by atoms with van der Waals surface area (Å²) in [6, 6.07) is 11.1. The first-order valence-corrected chi connectivity index (χ1v) is 7.00. The molecule has 0 radical (unpaired) electrons. The summed E-state index contributed by atoms with van der Waals surface area (Å²) < 4.78 is 0.595. The van der Waals surface area contributed by atoms with Gasteiger partial charge in [0.25, 0.3) is 0 Å². The lowest BCUT2D eigenvalue weighted by Gasteiger charge is -2.04. The molecule has 2 aromatic rings. The van der Waals surface area contributed by atoms with Gasteiger partial charge in [0, 0.05) is 21.3 Å². The predicted octanol–water partition coefficient (Wildman–Crippen LogP) is 3.83. The number of carboxylic acid groups (broad SMARTS) is 1. The van der Waals surface area contributed by atoms with Crippen molar-refractivity contribution < 1.29 is 9.90 Å². The van der Waals surface area contributed by atoms with Crippen molar-refractivity contribution in [1.82, 2.24) is 4.98 Å². The first kappa shape index (κ1) is 13.1. The highest BCUT2D eigenvalue weighted by Gasteiger charge is 2.09. The second kappa shape index (κ2) is 6.02. The molecule has 0 atom stereocenters. The van der Waals surface area contributed by atoms with Crippen LogP contribution in [0.5, 0.6) is 0 Å². The molecule has 92 valence electrons. The van der Waals surface area contributed by atoms with Gasteiger partial charge in [0.1, 0.15) is 0 Å². The Morgan fingerprint density at radius 3 is 2.83 bits per heavy atom. The number of nitrogens with zero attached hydrogens (tertiary/aromatic N) is 1. The van der Waals surface area contributed by atoms with Crippen molar-refractivity contribution in [3.63, 3.8) is 0 Å². The van der Waals surface area contributed by atoms with Gasteiger partial charge in [0.05, 0.1) is 11.3 Å². The average Bonchev–Trinajstić information content (AvgIpc) is 2.38. The Morgan fingerprint density at radius 1 is 1.33 bits per heavy atom. The van der Waals surface area contributed by atoms with Gasteiger partial charge in [-0.1, -0.05) is 6.07 Å². The van der Waals surface area contributed by atoms with Crippen molar-refractivity contribution in [2.75, 3.05) is 0 Å². The van der Waals surface area contributed by atoms with Gasteiger partial charge < -0.3 is 5.11 Å². The van der Waals surface area contributed by atoms with E-state index in [4.69, 9.17) is 5.11 Å². The smallest absolute Gasteiger partial charge is 0.336 e. The lowest BCUT2D eigenvalue weighted by atomic mass is 10.2. The van der Waals surface area contributed by atoms with Crippen LogP contribution in [0.15, 0.2) is 52.0 Å². The second-order valence-corrected chi connectivity index (χ2v) is 5.46. The van der Waals surface area contributed by atoms with E-state index in [2.05, 4.69) is 20.9 Å². The van der Waals surface area contributed by atoms with Crippen LogP contribution >= 0.6 is 27.7 Å². The monoisotopic (exact) mass is 323 g/mol. The molecule has 0 saturated carbocycles. The van der Waals surface area contributed by atoms with Gasteiger partial charge in [-0.3, -0.25) is 4.98 Å². The molecule has 0 amide bonds. The third-order valence-electron chi connectivity index (χ3n) is 2.28. The minimum absolute atomic E-state index is 0.279. The lowest BCUT2D eigenvalue weighted by molar-refractivity contribution is 0.0695. The largest absolute Gasteiger partial charge is 0.478 e. The van der Waals surface area contributed by atoms with Crippen LogP contribution in [0.1, 0.15) is 16.1 Å². The van der Waals surface area contributed by atoms with Crippen molar-refractivity contribution in [1.29, 1.82) is 0 Å². The van der Waals surface area contributed by atoms with Crippen molar-refractivity contribution in [2.45, 2.75) is 10.6 Å². The van der Waals surface area contributed by atoms with Crippen LogP contribution in [-0.2, 0) is 5.75 Å². The van der Waals surface area contributed by atoms with Gasteiger partial charge in [-0.25, -0.2) is 4.79 Å². The Hall–Kier alpha value is -1.33. The summed E-state index contributed by atoms with van der Waals surface area (Å²) >= 11 is 4.79. The highest BCUT2D eigenvalue weighted by atomic mass is 79.9. The number of thioether (sulfide) groups is 1. The minimum atomic E-state index is -0.929. The highest BCUT2D eigenvalue weighted by molar-refractivity contribution is 9.10. The SMILES string of the molecule is O=C(O)c1cc(SCc2ccccn2)ccc1Br. The molecule has 0 aliphatic carbocycles. The van der Waals surface area contributed by atoms with E-state index < -0.39 is 5.97 Å². The molecule has 0 saturated heterocycles. The first-order chi connectivity index (χ1) is 8.66. The van der Waals surface area contributed by atoms with Gasteiger partial charge in [0.15, 0.2) is 0 Å². The van der Waals surface area contributed by atoms with Gasteiger partial charge in [-0.15, -0.1) is 11.8 Å². The van der Waals surface area contributed by atoms with E-state index in [1.807, 2.05) is 24.3 Å². The number of aromatic carboxylic acids is 1. The molecule has 1 heterocycles. The normalized spacial score (nSPS) is 10.3. The second-order valence-electron chi connectivity index (χ2n) is 3.56. The molecule has 1 N–H and O–H groups in total. The van der Waals surface area contributed by atoms with Gasteiger partial charge in [-0.05, 0) is 46.3 Å². The summed E-state index contributed by atoms with van der Waals surface area (Å²) in [4.78, 5) is 16.1. The number of benzene rings is 1.